The number of thiocarbonyl (C=S) groups is 1. The van der Waals surface area contributed by atoms with Crippen molar-refractivity contribution in [3.8, 4) is 0 Å². The van der Waals surface area contributed by atoms with Gasteiger partial charge in [-0.1, -0.05) is 0 Å². The topological polar surface area (TPSA) is 98.9 Å². The van der Waals surface area contributed by atoms with Crippen molar-refractivity contribution in [2.24, 2.45) is 5.73 Å². The average Bonchev–Trinajstić information content (AvgIpc) is 2.02. The normalized spacial score (nSPS) is 11.5. The summed E-state index contributed by atoms with van der Waals surface area (Å²) in [7, 11) is 1.22. The number of methoxy groups -OCH3 is 1. The molecule has 0 amide bonds. The van der Waals surface area contributed by atoms with Gasteiger partial charge in [0.15, 0.2) is 0 Å². The number of carboxylic acids is 1. The molecule has 3 N–H and O–H groups in total. The summed E-state index contributed by atoms with van der Waals surface area (Å²) in [6, 6.07) is -1.23. The Morgan fingerprint density at radius 3 is 2.54 bits per heavy atom. The number of carboxylic acid groups (broad SMARTS) is 1. The molecule has 1 unspecified atom stereocenters. The number of nitrogens with two attached hydrogens (primary N) is 1. The Hall–Kier alpha value is -1.21. The van der Waals surface area contributed by atoms with E-state index in [2.05, 4.69) is 21.7 Å². The van der Waals surface area contributed by atoms with Gasteiger partial charge in [0.05, 0.1) is 13.5 Å². The van der Waals surface area contributed by atoms with Crippen LogP contribution >= 0.6 is 12.2 Å². The maximum Gasteiger partial charge on any atom is 0.359 e. The van der Waals surface area contributed by atoms with Crippen LogP contribution in [-0.2, 0) is 19.1 Å². The molecule has 0 rings (SSSR count). The van der Waals surface area contributed by atoms with E-state index in [1.807, 2.05) is 0 Å². The lowest BCUT2D eigenvalue weighted by molar-refractivity contribution is -0.144. The van der Waals surface area contributed by atoms with Crippen molar-refractivity contribution in [1.29, 1.82) is 0 Å². The minimum atomic E-state index is -1.23. The number of aliphatic carboxylic acids is 1. The standard InChI is InChI=1S/C6H9NO5S/c1-11-6(13)12-5(10)3(7)2-4(8)9/h3H,2,7H2,1H3,(H,8,9). The molecule has 0 aliphatic rings. The van der Waals surface area contributed by atoms with Gasteiger partial charge in [-0.25, -0.2) is 4.79 Å². The molecule has 0 aromatic carbocycles. The van der Waals surface area contributed by atoms with Crippen LogP contribution in [0.25, 0.3) is 0 Å². The fourth-order valence-corrected chi connectivity index (χ4v) is 0.553. The zero-order valence-electron chi connectivity index (χ0n) is 6.85. The summed E-state index contributed by atoms with van der Waals surface area (Å²) in [6.45, 7) is 0. The Balaban J connectivity index is 3.96. The van der Waals surface area contributed by atoms with E-state index in [0.29, 0.717) is 0 Å². The Kier molecular flexibility index (Phi) is 4.93. The molecular formula is C6H9NO5S. The van der Waals surface area contributed by atoms with Crippen LogP contribution in [0.3, 0.4) is 0 Å². The van der Waals surface area contributed by atoms with Crippen LogP contribution in [0.2, 0.25) is 0 Å². The van der Waals surface area contributed by atoms with Crippen LogP contribution in [0.15, 0.2) is 0 Å². The van der Waals surface area contributed by atoms with Crippen molar-refractivity contribution in [1.82, 2.24) is 0 Å². The first-order valence-corrected chi connectivity index (χ1v) is 3.65. The molecule has 0 bridgehead atoms. The second-order valence-corrected chi connectivity index (χ2v) is 2.41. The zero-order chi connectivity index (χ0) is 10.4. The fourth-order valence-electron chi connectivity index (χ4n) is 0.471. The summed E-state index contributed by atoms with van der Waals surface area (Å²) in [6.07, 6.45) is -0.509. The number of ether oxygens (including phenoxy) is 2. The van der Waals surface area contributed by atoms with E-state index in [1.54, 1.807) is 0 Å². The van der Waals surface area contributed by atoms with E-state index in [4.69, 9.17) is 10.8 Å². The molecule has 13 heavy (non-hydrogen) atoms. The van der Waals surface area contributed by atoms with Crippen LogP contribution in [0.4, 0.5) is 0 Å². The molecule has 0 aromatic heterocycles. The number of rotatable bonds is 3. The molecular weight excluding hydrogens is 198 g/mol. The summed E-state index contributed by atoms with van der Waals surface area (Å²) in [4.78, 5) is 21.0. The highest BCUT2D eigenvalue weighted by molar-refractivity contribution is 7.79. The lowest BCUT2D eigenvalue weighted by Gasteiger charge is -2.07. The Bertz CT molecular complexity index is 229. The van der Waals surface area contributed by atoms with Crippen LogP contribution < -0.4 is 5.73 Å². The average molecular weight is 207 g/mol. The van der Waals surface area contributed by atoms with Gasteiger partial charge >= 0.3 is 17.2 Å². The van der Waals surface area contributed by atoms with Gasteiger partial charge in [-0.3, -0.25) is 4.79 Å². The fraction of sp³-hybridized carbons (Fsp3) is 0.500. The molecule has 74 valence electrons. The smallest absolute Gasteiger partial charge is 0.359 e. The van der Waals surface area contributed by atoms with Gasteiger partial charge in [0.2, 0.25) is 0 Å². The van der Waals surface area contributed by atoms with Crippen molar-refractivity contribution >= 4 is 29.4 Å². The maximum absolute atomic E-state index is 10.9. The first-order chi connectivity index (χ1) is 5.97. The van der Waals surface area contributed by atoms with Crippen molar-refractivity contribution in [3.05, 3.63) is 0 Å². The summed E-state index contributed by atoms with van der Waals surface area (Å²) in [5.41, 5.74) is 5.15. The van der Waals surface area contributed by atoms with Crippen LogP contribution in [0.5, 0.6) is 0 Å². The molecule has 0 aromatic rings. The predicted molar refractivity (Wildman–Crippen MR) is 45.9 cm³/mol. The van der Waals surface area contributed by atoms with Crippen LogP contribution in [0, 0.1) is 0 Å². The molecule has 0 radical (unpaired) electrons. The Morgan fingerprint density at radius 1 is 1.62 bits per heavy atom. The predicted octanol–water partition coefficient (Wildman–Crippen LogP) is -0.737. The van der Waals surface area contributed by atoms with Gasteiger partial charge in [0.25, 0.3) is 0 Å². The number of esters is 1. The van der Waals surface area contributed by atoms with Crippen molar-refractivity contribution in [2.75, 3.05) is 7.11 Å². The van der Waals surface area contributed by atoms with E-state index in [0.717, 1.165) is 0 Å². The highest BCUT2D eigenvalue weighted by Gasteiger charge is 2.20. The van der Waals surface area contributed by atoms with Crippen molar-refractivity contribution in [3.63, 3.8) is 0 Å². The molecule has 0 saturated carbocycles. The van der Waals surface area contributed by atoms with E-state index in [9.17, 15) is 9.59 Å². The summed E-state index contributed by atoms with van der Waals surface area (Å²) in [5, 5.41) is 7.89. The van der Waals surface area contributed by atoms with Gasteiger partial charge in [0, 0.05) is 12.2 Å². The highest BCUT2D eigenvalue weighted by Crippen LogP contribution is 1.94. The third-order valence-corrected chi connectivity index (χ3v) is 1.30. The maximum atomic E-state index is 10.9. The molecule has 0 heterocycles. The SMILES string of the molecule is COC(=S)OC(=O)C(N)CC(=O)O. The molecule has 0 aliphatic heterocycles. The Labute approximate surface area is 79.6 Å². The number of hydrogen-bond acceptors (Lipinski definition) is 6. The molecule has 0 fully saturated rings. The third kappa shape index (κ3) is 5.10. The van der Waals surface area contributed by atoms with Gasteiger partial charge in [-0.2, -0.15) is 0 Å². The number of hydrogen-bond donors (Lipinski definition) is 2. The number of carbonyl (C=O) groups excluding carboxylic acids is 1. The second-order valence-electron chi connectivity index (χ2n) is 2.08. The van der Waals surface area contributed by atoms with E-state index in [1.165, 1.54) is 7.11 Å². The molecule has 0 aliphatic carbocycles. The highest BCUT2D eigenvalue weighted by atomic mass is 32.1. The van der Waals surface area contributed by atoms with Crippen molar-refractivity contribution in [2.45, 2.75) is 12.5 Å². The molecule has 0 saturated heterocycles. The minimum Gasteiger partial charge on any atom is -0.481 e. The molecule has 7 heteroatoms. The summed E-state index contributed by atoms with van der Waals surface area (Å²) in [5.74, 6) is -2.11. The van der Waals surface area contributed by atoms with E-state index >= 15 is 0 Å². The van der Waals surface area contributed by atoms with Gasteiger partial charge in [0.1, 0.15) is 6.04 Å². The van der Waals surface area contributed by atoms with Gasteiger partial charge in [-0.15, -0.1) is 0 Å². The second kappa shape index (κ2) is 5.44. The molecule has 0 spiro atoms. The summed E-state index contributed by atoms with van der Waals surface area (Å²) >= 11 is 4.40. The lowest BCUT2D eigenvalue weighted by atomic mass is 10.2. The van der Waals surface area contributed by atoms with E-state index in [-0.39, 0.29) is 5.24 Å². The Morgan fingerprint density at radius 2 is 2.15 bits per heavy atom. The molecule has 1 atom stereocenters. The van der Waals surface area contributed by atoms with Crippen LogP contribution in [-0.4, -0.2) is 35.4 Å². The zero-order valence-corrected chi connectivity index (χ0v) is 7.67. The first-order valence-electron chi connectivity index (χ1n) is 3.24. The quantitative estimate of drug-likeness (QED) is 0.464. The first kappa shape index (κ1) is 11.8. The monoisotopic (exact) mass is 207 g/mol. The van der Waals surface area contributed by atoms with Gasteiger partial charge in [-0.05, 0) is 0 Å². The largest absolute Gasteiger partial charge is 0.481 e. The minimum absolute atomic E-state index is 0.383. The van der Waals surface area contributed by atoms with Crippen LogP contribution in [0.1, 0.15) is 6.42 Å². The molecule has 6 nitrogen and oxygen atoms in total. The third-order valence-electron chi connectivity index (χ3n) is 1.05. The number of carbonyl (C=O) groups is 2. The summed E-state index contributed by atoms with van der Waals surface area (Å²) < 4.78 is 8.71. The van der Waals surface area contributed by atoms with Gasteiger partial charge < -0.3 is 20.3 Å². The lowest BCUT2D eigenvalue weighted by Crippen LogP contribution is -2.35. The van der Waals surface area contributed by atoms with E-state index < -0.39 is 24.4 Å². The van der Waals surface area contributed by atoms with Crippen molar-refractivity contribution < 1.29 is 24.2 Å².